The third kappa shape index (κ3) is 10.2. The van der Waals surface area contributed by atoms with Crippen LogP contribution in [0.4, 0.5) is 10.5 Å². The zero-order valence-corrected chi connectivity index (χ0v) is 18.3. The second-order valence-electron chi connectivity index (χ2n) is 7.18. The van der Waals surface area contributed by atoms with Gasteiger partial charge in [0.1, 0.15) is 5.60 Å². The Labute approximate surface area is 168 Å². The first-order chi connectivity index (χ1) is 11.1. The molecule has 0 aliphatic carbocycles. The number of amides is 1. The molecule has 0 aliphatic heterocycles. The van der Waals surface area contributed by atoms with Gasteiger partial charge in [-0.15, -0.1) is 24.0 Å². The van der Waals surface area contributed by atoms with Crippen molar-refractivity contribution in [3.8, 4) is 0 Å². The number of aliphatic imine (C=N–C) groups is 1. The summed E-state index contributed by atoms with van der Waals surface area (Å²) >= 11 is 0. The quantitative estimate of drug-likeness (QED) is 0.396. The van der Waals surface area contributed by atoms with Crippen LogP contribution in [0.2, 0.25) is 0 Å². The van der Waals surface area contributed by atoms with Crippen molar-refractivity contribution < 1.29 is 9.53 Å². The Morgan fingerprint density at radius 3 is 2.40 bits per heavy atom. The topological polar surface area (TPSA) is 80.0 Å². The van der Waals surface area contributed by atoms with Gasteiger partial charge in [0.15, 0.2) is 5.96 Å². The van der Waals surface area contributed by atoms with Gasteiger partial charge in [0.25, 0.3) is 0 Å². The molecule has 0 radical (unpaired) electrons. The zero-order valence-electron chi connectivity index (χ0n) is 16.0. The first-order valence-electron chi connectivity index (χ1n) is 8.14. The predicted octanol–water partition coefficient (Wildman–Crippen LogP) is 3.84. The lowest BCUT2D eigenvalue weighted by Crippen LogP contribution is -2.37. The van der Waals surface area contributed by atoms with Gasteiger partial charge in [-0.05, 0) is 45.7 Å². The van der Waals surface area contributed by atoms with Crippen molar-refractivity contribution >= 4 is 41.7 Å². The monoisotopic (exact) mass is 462 g/mol. The normalized spacial score (nSPS) is 12.8. The van der Waals surface area contributed by atoms with Gasteiger partial charge in [-0.3, -0.25) is 4.99 Å². The molecule has 0 saturated heterocycles. The number of nitrogens with two attached hydrogens (primary N) is 1. The predicted molar refractivity (Wildman–Crippen MR) is 115 cm³/mol. The first kappa shape index (κ1) is 23.5. The number of ether oxygens (including phenoxy) is 1. The van der Waals surface area contributed by atoms with E-state index in [-0.39, 0.29) is 36.0 Å². The van der Waals surface area contributed by atoms with Crippen molar-refractivity contribution in [2.45, 2.75) is 40.2 Å². The lowest BCUT2D eigenvalue weighted by Gasteiger charge is -2.26. The summed E-state index contributed by atoms with van der Waals surface area (Å²) in [7, 11) is 1.72. The van der Waals surface area contributed by atoms with E-state index in [4.69, 9.17) is 10.5 Å². The molecule has 1 atom stereocenters. The summed E-state index contributed by atoms with van der Waals surface area (Å²) in [6, 6.07) is 7.93. The largest absolute Gasteiger partial charge is 0.444 e. The molecule has 7 heteroatoms. The number of nitrogens with zero attached hydrogens (tertiary/aromatic N) is 2. The van der Waals surface area contributed by atoms with Crippen LogP contribution in [0.3, 0.4) is 0 Å². The lowest BCUT2D eigenvalue weighted by molar-refractivity contribution is 0.0279. The number of anilines is 1. The third-order valence-corrected chi connectivity index (χ3v) is 3.19. The van der Waals surface area contributed by atoms with Crippen LogP contribution in [-0.4, -0.2) is 42.7 Å². The zero-order chi connectivity index (χ0) is 18.3. The SMILES string of the molecule is Cc1ccc(NC(N)=NCC(C)CN(C)C(=O)OC(C)(C)C)cc1.I. The first-order valence-corrected chi connectivity index (χ1v) is 8.14. The van der Waals surface area contributed by atoms with Crippen molar-refractivity contribution in [2.24, 2.45) is 16.6 Å². The van der Waals surface area contributed by atoms with E-state index in [2.05, 4.69) is 10.3 Å². The number of hydrogen-bond donors (Lipinski definition) is 2. The minimum absolute atomic E-state index is 0. The minimum atomic E-state index is -0.491. The molecule has 0 heterocycles. The Morgan fingerprint density at radius 2 is 1.88 bits per heavy atom. The van der Waals surface area contributed by atoms with Crippen molar-refractivity contribution in [1.82, 2.24) is 4.90 Å². The number of carbonyl (C=O) groups is 1. The van der Waals surface area contributed by atoms with Crippen molar-refractivity contribution in [3.05, 3.63) is 29.8 Å². The number of benzene rings is 1. The molecular formula is C18H31IN4O2. The van der Waals surface area contributed by atoms with Crippen molar-refractivity contribution in [3.63, 3.8) is 0 Å². The maximum Gasteiger partial charge on any atom is 0.410 e. The highest BCUT2D eigenvalue weighted by atomic mass is 127. The van der Waals surface area contributed by atoms with Gasteiger partial charge < -0.3 is 20.7 Å². The van der Waals surface area contributed by atoms with Crippen LogP contribution in [0.1, 0.15) is 33.3 Å². The molecule has 142 valence electrons. The molecule has 6 nitrogen and oxygen atoms in total. The minimum Gasteiger partial charge on any atom is -0.444 e. The number of aryl methyl sites for hydroxylation is 1. The molecule has 1 aromatic carbocycles. The van der Waals surface area contributed by atoms with E-state index < -0.39 is 5.60 Å². The summed E-state index contributed by atoms with van der Waals surface area (Å²) in [6.07, 6.45) is -0.330. The number of hydrogen-bond acceptors (Lipinski definition) is 3. The van der Waals surface area contributed by atoms with Gasteiger partial charge in [0, 0.05) is 25.8 Å². The van der Waals surface area contributed by atoms with E-state index in [1.165, 1.54) is 5.56 Å². The number of halogens is 1. The standard InChI is InChI=1S/C18H30N4O2.HI/c1-13-7-9-15(10-8-13)21-16(19)20-11-14(2)12-22(6)17(23)24-18(3,4)5;/h7-10,14H,11-12H2,1-6H3,(H3,19,20,21);1H. The molecule has 3 N–H and O–H groups in total. The number of nitrogens with one attached hydrogen (secondary N) is 1. The molecule has 25 heavy (non-hydrogen) atoms. The Morgan fingerprint density at radius 1 is 1.32 bits per heavy atom. The van der Waals surface area contributed by atoms with Gasteiger partial charge in [0.2, 0.25) is 0 Å². The summed E-state index contributed by atoms with van der Waals surface area (Å²) in [6.45, 7) is 10.7. The summed E-state index contributed by atoms with van der Waals surface area (Å²) in [5.74, 6) is 0.534. The maximum atomic E-state index is 11.9. The third-order valence-electron chi connectivity index (χ3n) is 3.19. The summed E-state index contributed by atoms with van der Waals surface area (Å²) < 4.78 is 5.33. The van der Waals surface area contributed by atoms with E-state index in [9.17, 15) is 4.79 Å². The average Bonchev–Trinajstić information content (AvgIpc) is 2.46. The Hall–Kier alpha value is -1.51. The van der Waals surface area contributed by atoms with Gasteiger partial charge in [-0.1, -0.05) is 24.6 Å². The van der Waals surface area contributed by atoms with E-state index >= 15 is 0 Å². The fraction of sp³-hybridized carbons (Fsp3) is 0.556. The molecule has 1 aromatic rings. The smallest absolute Gasteiger partial charge is 0.410 e. The van der Waals surface area contributed by atoms with Crippen molar-refractivity contribution in [1.29, 1.82) is 0 Å². The van der Waals surface area contributed by atoms with Gasteiger partial charge >= 0.3 is 6.09 Å². The van der Waals surface area contributed by atoms with E-state index in [0.717, 1.165) is 5.69 Å². The van der Waals surface area contributed by atoms with E-state index in [0.29, 0.717) is 19.0 Å². The van der Waals surface area contributed by atoms with Crippen LogP contribution < -0.4 is 11.1 Å². The fourth-order valence-corrected chi connectivity index (χ4v) is 2.02. The molecule has 0 saturated carbocycles. The van der Waals surface area contributed by atoms with Crippen LogP contribution in [-0.2, 0) is 4.74 Å². The molecule has 0 spiro atoms. The maximum absolute atomic E-state index is 11.9. The molecule has 0 aliphatic rings. The highest BCUT2D eigenvalue weighted by Crippen LogP contribution is 2.11. The second-order valence-corrected chi connectivity index (χ2v) is 7.18. The van der Waals surface area contributed by atoms with E-state index in [1.807, 2.05) is 58.9 Å². The number of guanidine groups is 1. The fourth-order valence-electron chi connectivity index (χ4n) is 2.02. The average molecular weight is 462 g/mol. The number of carbonyl (C=O) groups excluding carboxylic acids is 1. The Bertz CT molecular complexity index is 567. The highest BCUT2D eigenvalue weighted by Gasteiger charge is 2.20. The summed E-state index contributed by atoms with van der Waals surface area (Å²) in [4.78, 5) is 17.8. The number of rotatable bonds is 5. The molecule has 1 rings (SSSR count). The van der Waals surface area contributed by atoms with Crippen LogP contribution >= 0.6 is 24.0 Å². The molecule has 1 amide bonds. The Kier molecular flexibility index (Phi) is 9.84. The Balaban J connectivity index is 0.00000576. The van der Waals surface area contributed by atoms with Crippen LogP contribution in [0.5, 0.6) is 0 Å². The van der Waals surface area contributed by atoms with E-state index in [1.54, 1.807) is 11.9 Å². The summed E-state index contributed by atoms with van der Waals surface area (Å²) in [5, 5.41) is 3.05. The van der Waals surface area contributed by atoms with Gasteiger partial charge in [-0.25, -0.2) is 4.79 Å². The second kappa shape index (κ2) is 10.5. The molecule has 1 unspecified atom stereocenters. The molecule has 0 aromatic heterocycles. The van der Waals surface area contributed by atoms with Gasteiger partial charge in [-0.2, -0.15) is 0 Å². The van der Waals surface area contributed by atoms with Crippen LogP contribution in [0, 0.1) is 12.8 Å². The van der Waals surface area contributed by atoms with Crippen molar-refractivity contribution in [2.75, 3.05) is 25.5 Å². The highest BCUT2D eigenvalue weighted by molar-refractivity contribution is 14.0. The molecule has 0 fully saturated rings. The molecular weight excluding hydrogens is 431 g/mol. The van der Waals surface area contributed by atoms with Gasteiger partial charge in [0.05, 0.1) is 0 Å². The lowest BCUT2D eigenvalue weighted by atomic mass is 10.2. The molecule has 0 bridgehead atoms. The van der Waals surface area contributed by atoms with Crippen LogP contribution in [0.25, 0.3) is 0 Å². The summed E-state index contributed by atoms with van der Waals surface area (Å²) in [5.41, 5.74) is 7.50. The van der Waals surface area contributed by atoms with Crippen LogP contribution in [0.15, 0.2) is 29.3 Å².